The molecule has 0 aliphatic rings. The monoisotopic (exact) mass is 291 g/mol. The molecule has 0 aliphatic heterocycles. The van der Waals surface area contributed by atoms with Crippen LogP contribution in [0.5, 0.6) is 0 Å². The van der Waals surface area contributed by atoms with Crippen LogP contribution in [-0.4, -0.2) is 20.1 Å². The van der Waals surface area contributed by atoms with Gasteiger partial charge in [0.25, 0.3) is 0 Å². The van der Waals surface area contributed by atoms with E-state index in [1.165, 1.54) is 19.2 Å². The van der Waals surface area contributed by atoms with Crippen LogP contribution in [-0.2, 0) is 11.3 Å². The normalized spacial score (nSPS) is 10.3. The van der Waals surface area contributed by atoms with Gasteiger partial charge in [-0.25, -0.2) is 13.6 Å². The molecule has 0 saturated heterocycles. The third-order valence-corrected chi connectivity index (χ3v) is 3.06. The zero-order chi connectivity index (χ0) is 15.4. The van der Waals surface area contributed by atoms with Gasteiger partial charge in [-0.2, -0.15) is 0 Å². The maximum Gasteiger partial charge on any atom is 0.339 e. The predicted molar refractivity (Wildman–Crippen MR) is 76.2 cm³/mol. The highest BCUT2D eigenvalue weighted by Crippen LogP contribution is 2.22. The number of ether oxygens (including phenoxy) is 1. The van der Waals surface area contributed by atoms with E-state index in [1.807, 2.05) is 0 Å². The van der Waals surface area contributed by atoms with Crippen molar-refractivity contribution in [3.8, 4) is 0 Å². The lowest BCUT2D eigenvalue weighted by Crippen LogP contribution is -2.20. The fourth-order valence-electron chi connectivity index (χ4n) is 2.15. The fourth-order valence-corrected chi connectivity index (χ4v) is 2.15. The molecule has 0 aromatic heterocycles. The molecule has 0 aliphatic carbocycles. The van der Waals surface area contributed by atoms with E-state index in [0.29, 0.717) is 16.8 Å². The highest BCUT2D eigenvalue weighted by atomic mass is 19.1. The van der Waals surface area contributed by atoms with Crippen LogP contribution in [0.15, 0.2) is 42.5 Å². The number of methoxy groups -OCH3 is 1. The van der Waals surface area contributed by atoms with Crippen LogP contribution in [0.4, 0.5) is 14.5 Å². The van der Waals surface area contributed by atoms with Crippen molar-refractivity contribution in [2.75, 3.05) is 19.1 Å². The van der Waals surface area contributed by atoms with Gasteiger partial charge >= 0.3 is 5.97 Å². The van der Waals surface area contributed by atoms with Crippen molar-refractivity contribution < 1.29 is 18.3 Å². The standard InChI is InChI=1S/C16H15F2NO2/c1-19(10-11-7-12(17)9-13(18)8-11)15-6-4-3-5-14(15)16(20)21-2/h3-9H,10H2,1-2H3. The van der Waals surface area contributed by atoms with Crippen molar-refractivity contribution in [3.63, 3.8) is 0 Å². The molecule has 0 heterocycles. The van der Waals surface area contributed by atoms with Gasteiger partial charge in [0.2, 0.25) is 0 Å². The summed E-state index contributed by atoms with van der Waals surface area (Å²) in [6, 6.07) is 10.3. The highest BCUT2D eigenvalue weighted by molar-refractivity contribution is 5.95. The first-order chi connectivity index (χ1) is 10.0. The maximum absolute atomic E-state index is 13.2. The molecule has 110 valence electrons. The lowest BCUT2D eigenvalue weighted by molar-refractivity contribution is 0.0601. The number of benzene rings is 2. The molecule has 2 aromatic carbocycles. The summed E-state index contributed by atoms with van der Waals surface area (Å²) in [6.45, 7) is 0.267. The number of rotatable bonds is 4. The van der Waals surface area contributed by atoms with E-state index in [4.69, 9.17) is 4.74 Å². The van der Waals surface area contributed by atoms with E-state index in [9.17, 15) is 13.6 Å². The molecule has 2 aromatic rings. The molecule has 0 radical (unpaired) electrons. The van der Waals surface area contributed by atoms with Crippen LogP contribution in [0, 0.1) is 11.6 Å². The van der Waals surface area contributed by atoms with E-state index in [1.54, 1.807) is 36.2 Å². The average molecular weight is 291 g/mol. The zero-order valence-corrected chi connectivity index (χ0v) is 11.8. The predicted octanol–water partition coefficient (Wildman–Crippen LogP) is 3.39. The Bertz CT molecular complexity index is 638. The summed E-state index contributed by atoms with van der Waals surface area (Å²) in [4.78, 5) is 13.5. The number of halogens is 2. The Labute approximate surface area is 121 Å². The second-order valence-electron chi connectivity index (χ2n) is 4.64. The number of para-hydroxylation sites is 1. The third-order valence-electron chi connectivity index (χ3n) is 3.06. The van der Waals surface area contributed by atoms with E-state index < -0.39 is 17.6 Å². The van der Waals surface area contributed by atoms with Gasteiger partial charge in [0.15, 0.2) is 0 Å². The Kier molecular flexibility index (Phi) is 4.52. The van der Waals surface area contributed by atoms with Gasteiger partial charge in [0.1, 0.15) is 11.6 Å². The molecular formula is C16H15F2NO2. The van der Waals surface area contributed by atoms with Crippen LogP contribution >= 0.6 is 0 Å². The number of esters is 1. The number of hydrogen-bond acceptors (Lipinski definition) is 3. The van der Waals surface area contributed by atoms with Crippen LogP contribution in [0.25, 0.3) is 0 Å². The van der Waals surface area contributed by atoms with Crippen molar-refractivity contribution in [1.82, 2.24) is 0 Å². The minimum atomic E-state index is -0.625. The van der Waals surface area contributed by atoms with Crippen LogP contribution in [0.2, 0.25) is 0 Å². The van der Waals surface area contributed by atoms with Crippen molar-refractivity contribution in [3.05, 3.63) is 65.2 Å². The number of carbonyl (C=O) groups is 1. The van der Waals surface area contributed by atoms with Crippen molar-refractivity contribution in [2.24, 2.45) is 0 Å². The summed E-state index contributed by atoms with van der Waals surface area (Å²) in [6.07, 6.45) is 0. The Morgan fingerprint density at radius 2 is 1.76 bits per heavy atom. The Hall–Kier alpha value is -2.43. The molecule has 0 saturated carbocycles. The molecule has 3 nitrogen and oxygen atoms in total. The van der Waals surface area contributed by atoms with Crippen molar-refractivity contribution in [1.29, 1.82) is 0 Å². The van der Waals surface area contributed by atoms with E-state index in [2.05, 4.69) is 0 Å². The molecule has 0 atom stereocenters. The van der Waals surface area contributed by atoms with E-state index >= 15 is 0 Å². The first-order valence-corrected chi connectivity index (χ1v) is 6.34. The van der Waals surface area contributed by atoms with Gasteiger partial charge in [0.05, 0.1) is 18.4 Å². The van der Waals surface area contributed by atoms with E-state index in [-0.39, 0.29) is 6.54 Å². The minimum absolute atomic E-state index is 0.267. The van der Waals surface area contributed by atoms with Crippen molar-refractivity contribution >= 4 is 11.7 Å². The zero-order valence-electron chi connectivity index (χ0n) is 11.8. The summed E-state index contributed by atoms with van der Waals surface area (Å²) in [5.74, 6) is -1.71. The quantitative estimate of drug-likeness (QED) is 0.809. The molecule has 0 amide bonds. The van der Waals surface area contributed by atoms with Gasteiger partial charge in [-0.3, -0.25) is 0 Å². The minimum Gasteiger partial charge on any atom is -0.465 e. The summed E-state index contributed by atoms with van der Waals surface area (Å²) in [5, 5.41) is 0. The van der Waals surface area contributed by atoms with Crippen LogP contribution in [0.3, 0.4) is 0 Å². The van der Waals surface area contributed by atoms with Gasteiger partial charge in [-0.15, -0.1) is 0 Å². The van der Waals surface area contributed by atoms with Gasteiger partial charge in [-0.1, -0.05) is 12.1 Å². The lowest BCUT2D eigenvalue weighted by atomic mass is 10.1. The Morgan fingerprint density at radius 3 is 2.38 bits per heavy atom. The number of hydrogen-bond donors (Lipinski definition) is 0. The molecule has 0 bridgehead atoms. The van der Waals surface area contributed by atoms with Gasteiger partial charge < -0.3 is 9.64 Å². The highest BCUT2D eigenvalue weighted by Gasteiger charge is 2.14. The molecule has 2 rings (SSSR count). The second-order valence-corrected chi connectivity index (χ2v) is 4.64. The Balaban J connectivity index is 2.28. The third kappa shape index (κ3) is 3.56. The summed E-state index contributed by atoms with van der Waals surface area (Å²) >= 11 is 0. The summed E-state index contributed by atoms with van der Waals surface area (Å²) in [5.41, 5.74) is 1.52. The number of carbonyl (C=O) groups excluding carboxylic acids is 1. The number of anilines is 1. The molecule has 21 heavy (non-hydrogen) atoms. The molecule has 0 fully saturated rings. The summed E-state index contributed by atoms with van der Waals surface area (Å²) in [7, 11) is 3.05. The lowest BCUT2D eigenvalue weighted by Gasteiger charge is -2.21. The summed E-state index contributed by atoms with van der Waals surface area (Å²) < 4.78 is 31.2. The number of nitrogens with zero attached hydrogens (tertiary/aromatic N) is 1. The molecule has 0 N–H and O–H groups in total. The fraction of sp³-hybridized carbons (Fsp3) is 0.188. The van der Waals surface area contributed by atoms with Crippen LogP contribution < -0.4 is 4.90 Å². The molecule has 0 unspecified atom stereocenters. The SMILES string of the molecule is COC(=O)c1ccccc1N(C)Cc1cc(F)cc(F)c1. The average Bonchev–Trinajstić information content (AvgIpc) is 2.45. The van der Waals surface area contributed by atoms with Gasteiger partial charge in [0, 0.05) is 19.7 Å². The Morgan fingerprint density at radius 1 is 1.14 bits per heavy atom. The molecule has 0 spiro atoms. The topological polar surface area (TPSA) is 29.5 Å². The van der Waals surface area contributed by atoms with Crippen molar-refractivity contribution in [2.45, 2.75) is 6.54 Å². The maximum atomic E-state index is 13.2. The first kappa shape index (κ1) is 15.0. The molecular weight excluding hydrogens is 276 g/mol. The van der Waals surface area contributed by atoms with Crippen LogP contribution in [0.1, 0.15) is 15.9 Å². The molecule has 5 heteroatoms. The second kappa shape index (κ2) is 6.35. The van der Waals surface area contributed by atoms with Gasteiger partial charge in [-0.05, 0) is 29.8 Å². The largest absolute Gasteiger partial charge is 0.465 e. The van der Waals surface area contributed by atoms with E-state index in [0.717, 1.165) is 6.07 Å². The smallest absolute Gasteiger partial charge is 0.339 e. The first-order valence-electron chi connectivity index (χ1n) is 6.34.